The molecule has 0 aromatic heterocycles. The number of aldehydes is 1. The van der Waals surface area contributed by atoms with E-state index < -0.39 is 11.9 Å². The van der Waals surface area contributed by atoms with Crippen LogP contribution < -0.4 is 0 Å². The molecule has 0 aliphatic heterocycles. The fourth-order valence-corrected chi connectivity index (χ4v) is 0.807. The minimum Gasteiger partial charge on any atom is -0.466 e. The molecule has 0 spiro atoms. The van der Waals surface area contributed by atoms with E-state index in [4.69, 9.17) is 0 Å². The Morgan fingerprint density at radius 3 is 2.20 bits per heavy atom. The van der Waals surface area contributed by atoms with Crippen LogP contribution in [-0.2, 0) is 23.9 Å². The van der Waals surface area contributed by atoms with Crippen molar-refractivity contribution in [2.75, 3.05) is 13.2 Å². The minimum absolute atomic E-state index is 0.110. The number of carbonyl (C=O) groups is 3. The first-order valence-electron chi connectivity index (χ1n) is 4.63. The van der Waals surface area contributed by atoms with Gasteiger partial charge in [-0.15, -0.1) is 0 Å². The number of hydrogen-bond donors (Lipinski definition) is 0. The highest BCUT2D eigenvalue weighted by Crippen LogP contribution is 1.98. The van der Waals surface area contributed by atoms with Gasteiger partial charge in [-0.2, -0.15) is 0 Å². The van der Waals surface area contributed by atoms with Crippen LogP contribution in [0.2, 0.25) is 0 Å². The van der Waals surface area contributed by atoms with Gasteiger partial charge in [-0.3, -0.25) is 9.59 Å². The van der Waals surface area contributed by atoms with Gasteiger partial charge in [0.05, 0.1) is 25.2 Å². The third-order valence-electron chi connectivity index (χ3n) is 1.43. The highest BCUT2D eigenvalue weighted by molar-refractivity contribution is 6.07. The summed E-state index contributed by atoms with van der Waals surface area (Å²) in [5.41, 5.74) is -0.162. The van der Waals surface area contributed by atoms with Crippen molar-refractivity contribution in [3.63, 3.8) is 0 Å². The second-order valence-electron chi connectivity index (χ2n) is 2.51. The largest absolute Gasteiger partial charge is 0.466 e. The molecule has 0 N–H and O–H groups in total. The van der Waals surface area contributed by atoms with Crippen LogP contribution in [0.4, 0.5) is 0 Å². The van der Waals surface area contributed by atoms with Crippen LogP contribution in [0.5, 0.6) is 0 Å². The van der Waals surface area contributed by atoms with E-state index >= 15 is 0 Å². The molecule has 0 atom stereocenters. The lowest BCUT2D eigenvalue weighted by Gasteiger charge is -2.00. The van der Waals surface area contributed by atoms with Gasteiger partial charge < -0.3 is 9.47 Å². The van der Waals surface area contributed by atoms with Crippen LogP contribution in [0.3, 0.4) is 0 Å². The maximum atomic E-state index is 11.1. The van der Waals surface area contributed by atoms with Gasteiger partial charge in [0.25, 0.3) is 0 Å². The van der Waals surface area contributed by atoms with Crippen molar-refractivity contribution in [3.8, 4) is 0 Å². The monoisotopic (exact) mass is 214 g/mol. The number of rotatable bonds is 6. The summed E-state index contributed by atoms with van der Waals surface area (Å²) in [4.78, 5) is 32.5. The predicted molar refractivity (Wildman–Crippen MR) is 52.0 cm³/mol. The summed E-state index contributed by atoms with van der Waals surface area (Å²) in [5, 5.41) is 0. The third kappa shape index (κ3) is 5.61. The van der Waals surface area contributed by atoms with Crippen molar-refractivity contribution in [2.24, 2.45) is 0 Å². The summed E-state index contributed by atoms with van der Waals surface area (Å²) in [6, 6.07) is 0. The lowest BCUT2D eigenvalue weighted by atomic mass is 10.2. The highest BCUT2D eigenvalue weighted by atomic mass is 16.5. The zero-order valence-corrected chi connectivity index (χ0v) is 8.82. The molecule has 15 heavy (non-hydrogen) atoms. The first-order chi connectivity index (χ1) is 7.15. The predicted octanol–water partition coefficient (Wildman–Crippen LogP) is 0.628. The quantitative estimate of drug-likeness (QED) is 0.213. The molecule has 0 fully saturated rings. The van der Waals surface area contributed by atoms with Crippen molar-refractivity contribution in [1.29, 1.82) is 0 Å². The van der Waals surface area contributed by atoms with Gasteiger partial charge >= 0.3 is 11.9 Å². The van der Waals surface area contributed by atoms with Crippen LogP contribution in [0.1, 0.15) is 20.3 Å². The molecule has 0 aliphatic rings. The summed E-state index contributed by atoms with van der Waals surface area (Å²) in [6.07, 6.45) is 1.45. The molecule has 0 aromatic rings. The van der Waals surface area contributed by atoms with Crippen molar-refractivity contribution in [2.45, 2.75) is 20.3 Å². The fourth-order valence-electron chi connectivity index (χ4n) is 0.807. The SMILES string of the molecule is CCOC(=O)C/C=C(\C=O)C(=O)OCC. The van der Waals surface area contributed by atoms with Crippen molar-refractivity contribution >= 4 is 18.2 Å². The van der Waals surface area contributed by atoms with Crippen LogP contribution >= 0.6 is 0 Å². The standard InChI is InChI=1S/C10H14O5/c1-3-14-9(12)6-5-8(7-11)10(13)15-4-2/h5,7H,3-4,6H2,1-2H3/b8-5+. The molecule has 0 radical (unpaired) electrons. The Labute approximate surface area is 88.0 Å². The van der Waals surface area contributed by atoms with Crippen LogP contribution in [0.25, 0.3) is 0 Å². The Balaban J connectivity index is 4.27. The third-order valence-corrected chi connectivity index (χ3v) is 1.43. The number of esters is 2. The Morgan fingerprint density at radius 2 is 1.73 bits per heavy atom. The molecule has 0 unspecified atom stereocenters. The molecular formula is C10H14O5. The normalized spacial score (nSPS) is 10.7. The molecular weight excluding hydrogens is 200 g/mol. The average molecular weight is 214 g/mol. The summed E-state index contributed by atoms with van der Waals surface area (Å²) >= 11 is 0. The van der Waals surface area contributed by atoms with E-state index in [9.17, 15) is 14.4 Å². The topological polar surface area (TPSA) is 69.7 Å². The Kier molecular flexibility index (Phi) is 6.88. The second kappa shape index (κ2) is 7.73. The Morgan fingerprint density at radius 1 is 1.13 bits per heavy atom. The molecule has 5 nitrogen and oxygen atoms in total. The summed E-state index contributed by atoms with van der Waals surface area (Å²) in [5.74, 6) is -1.21. The zero-order valence-electron chi connectivity index (χ0n) is 8.82. The van der Waals surface area contributed by atoms with Crippen molar-refractivity contribution < 1.29 is 23.9 Å². The van der Waals surface area contributed by atoms with Gasteiger partial charge in [0, 0.05) is 0 Å². The van der Waals surface area contributed by atoms with Gasteiger partial charge in [0.15, 0.2) is 6.29 Å². The van der Waals surface area contributed by atoms with Crippen LogP contribution in [-0.4, -0.2) is 31.4 Å². The van der Waals surface area contributed by atoms with Gasteiger partial charge in [-0.1, -0.05) is 6.08 Å². The molecule has 0 aliphatic carbocycles. The maximum Gasteiger partial charge on any atom is 0.341 e. The van der Waals surface area contributed by atoms with E-state index in [1.54, 1.807) is 13.8 Å². The molecule has 0 saturated heterocycles. The average Bonchev–Trinajstić information content (AvgIpc) is 2.19. The maximum absolute atomic E-state index is 11.1. The van der Waals surface area contributed by atoms with Gasteiger partial charge in [0.2, 0.25) is 0 Å². The van der Waals surface area contributed by atoms with Gasteiger partial charge in [0.1, 0.15) is 0 Å². The number of carbonyl (C=O) groups excluding carboxylic acids is 3. The molecule has 0 aromatic carbocycles. The van der Waals surface area contributed by atoms with E-state index in [0.29, 0.717) is 6.29 Å². The zero-order chi connectivity index (χ0) is 11.7. The first kappa shape index (κ1) is 13.4. The highest BCUT2D eigenvalue weighted by Gasteiger charge is 2.10. The van der Waals surface area contributed by atoms with Crippen LogP contribution in [0, 0.1) is 0 Å². The van der Waals surface area contributed by atoms with Crippen molar-refractivity contribution in [1.82, 2.24) is 0 Å². The molecule has 5 heteroatoms. The van der Waals surface area contributed by atoms with E-state index in [2.05, 4.69) is 9.47 Å². The smallest absolute Gasteiger partial charge is 0.341 e. The van der Waals surface area contributed by atoms with Crippen LogP contribution in [0.15, 0.2) is 11.6 Å². The molecule has 84 valence electrons. The molecule has 0 saturated carbocycles. The Bertz CT molecular complexity index is 267. The van der Waals surface area contributed by atoms with E-state index in [1.807, 2.05) is 0 Å². The van der Waals surface area contributed by atoms with E-state index in [1.165, 1.54) is 6.08 Å². The Hall–Kier alpha value is -1.65. The summed E-state index contributed by atoms with van der Waals surface area (Å²) in [6.45, 7) is 3.76. The van der Waals surface area contributed by atoms with Gasteiger partial charge in [-0.25, -0.2) is 4.79 Å². The minimum atomic E-state index is -0.725. The number of hydrogen-bond acceptors (Lipinski definition) is 5. The fraction of sp³-hybridized carbons (Fsp3) is 0.500. The second-order valence-corrected chi connectivity index (χ2v) is 2.51. The number of ether oxygens (including phenoxy) is 2. The summed E-state index contributed by atoms with van der Waals surface area (Å²) < 4.78 is 9.22. The van der Waals surface area contributed by atoms with E-state index in [-0.39, 0.29) is 25.2 Å². The molecule has 0 amide bonds. The van der Waals surface area contributed by atoms with Crippen molar-refractivity contribution in [3.05, 3.63) is 11.6 Å². The molecule has 0 rings (SSSR count). The first-order valence-corrected chi connectivity index (χ1v) is 4.63. The van der Waals surface area contributed by atoms with Gasteiger partial charge in [-0.05, 0) is 13.8 Å². The molecule has 0 bridgehead atoms. The molecule has 0 heterocycles. The lowest BCUT2D eigenvalue weighted by molar-refractivity contribution is -0.142. The lowest BCUT2D eigenvalue weighted by Crippen LogP contribution is -2.10. The van der Waals surface area contributed by atoms with E-state index in [0.717, 1.165) is 0 Å². The summed E-state index contributed by atoms with van der Waals surface area (Å²) in [7, 11) is 0.